The van der Waals surface area contributed by atoms with Crippen molar-refractivity contribution in [2.24, 2.45) is 17.3 Å². The van der Waals surface area contributed by atoms with E-state index in [1.165, 1.54) is 7.11 Å². The Balaban J connectivity index is 1.37. The van der Waals surface area contributed by atoms with Gasteiger partial charge in [0, 0.05) is 89.9 Å². The Morgan fingerprint density at radius 3 is 2.56 bits per heavy atom. The van der Waals surface area contributed by atoms with Gasteiger partial charge in [0.15, 0.2) is 5.78 Å². The maximum absolute atomic E-state index is 15.2. The second-order valence-electron chi connectivity index (χ2n) is 17.9. The van der Waals surface area contributed by atoms with Crippen LogP contribution in [0.5, 0.6) is 5.75 Å². The summed E-state index contributed by atoms with van der Waals surface area (Å²) in [6.45, 7) is 11.5. The number of fused-ring (bicyclic) bond motifs is 6. The van der Waals surface area contributed by atoms with Gasteiger partial charge in [-0.2, -0.15) is 0 Å². The molecule has 54 heavy (non-hydrogen) atoms. The molecule has 1 spiro atoms. The number of nitrogens with zero attached hydrogens (tertiary/aromatic N) is 3. The van der Waals surface area contributed by atoms with Crippen LogP contribution in [0.15, 0.2) is 48.6 Å². The van der Waals surface area contributed by atoms with Crippen LogP contribution in [0.3, 0.4) is 0 Å². The highest BCUT2D eigenvalue weighted by Crippen LogP contribution is 2.69. The Hall–Kier alpha value is -3.70. The molecule has 10 heteroatoms. The second kappa shape index (κ2) is 11.9. The van der Waals surface area contributed by atoms with Gasteiger partial charge >= 0.3 is 5.97 Å². The summed E-state index contributed by atoms with van der Waals surface area (Å²) in [5.41, 5.74) is 0.605. The number of anilines is 1. The lowest BCUT2D eigenvalue weighted by molar-refractivity contribution is -0.174. The van der Waals surface area contributed by atoms with E-state index in [1.54, 1.807) is 14.0 Å². The Morgan fingerprint density at radius 1 is 1.06 bits per heavy atom. The molecule has 9 rings (SSSR count). The van der Waals surface area contributed by atoms with Gasteiger partial charge in [-0.05, 0) is 81.7 Å². The van der Waals surface area contributed by atoms with Crippen LogP contribution < -0.4 is 9.64 Å². The van der Waals surface area contributed by atoms with Gasteiger partial charge in [-0.25, -0.2) is 0 Å². The van der Waals surface area contributed by atoms with E-state index < -0.39 is 33.5 Å². The normalized spacial score (nSPS) is 39.5. The van der Waals surface area contributed by atoms with Gasteiger partial charge in [0.1, 0.15) is 16.8 Å². The van der Waals surface area contributed by atoms with E-state index in [-0.39, 0.29) is 29.6 Å². The van der Waals surface area contributed by atoms with E-state index >= 15 is 4.79 Å². The molecule has 1 aromatic heterocycles. The molecule has 3 N–H and O–H groups in total. The monoisotopic (exact) mass is 736 g/mol. The third-order valence-electron chi connectivity index (χ3n) is 15.4. The summed E-state index contributed by atoms with van der Waals surface area (Å²) in [5, 5.41) is 25.8. The third kappa shape index (κ3) is 4.37. The largest absolute Gasteiger partial charge is 0.496 e. The van der Waals surface area contributed by atoms with Crippen LogP contribution in [-0.4, -0.2) is 114 Å². The fourth-order valence-electron chi connectivity index (χ4n) is 13.5. The van der Waals surface area contributed by atoms with Gasteiger partial charge in [-0.1, -0.05) is 44.2 Å². The molecule has 6 heterocycles. The number of hydrogen-bond acceptors (Lipinski definition) is 9. The first kappa shape index (κ1) is 36.0. The number of piperidine rings is 1. The Kier molecular flexibility index (Phi) is 7.93. The molecule has 2 bridgehead atoms. The van der Waals surface area contributed by atoms with Crippen molar-refractivity contribution in [3.63, 3.8) is 0 Å². The predicted molar refractivity (Wildman–Crippen MR) is 208 cm³/mol. The molecular weight excluding hydrogens is 681 g/mol. The van der Waals surface area contributed by atoms with Gasteiger partial charge in [-0.15, -0.1) is 0 Å². The molecule has 10 atom stereocenters. The number of Topliss-reactive ketones (excluding diaryl/α,β-unsaturated/α-hetero) is 1. The van der Waals surface area contributed by atoms with Crippen LogP contribution in [0.2, 0.25) is 0 Å². The van der Waals surface area contributed by atoms with Crippen LogP contribution in [0.25, 0.3) is 10.9 Å². The molecule has 0 amide bonds. The zero-order valence-corrected chi connectivity index (χ0v) is 32.9. The molecule has 3 aromatic rings. The number of methoxy groups -OCH3 is 2. The number of carbonyl (C=O) groups excluding carboxylic acids is 2. The first-order chi connectivity index (χ1) is 25.7. The van der Waals surface area contributed by atoms with Crippen molar-refractivity contribution >= 4 is 28.3 Å². The Morgan fingerprint density at radius 2 is 1.83 bits per heavy atom. The summed E-state index contributed by atoms with van der Waals surface area (Å²) < 4.78 is 12.3. The fraction of sp³-hybridized carbons (Fsp3) is 0.591. The summed E-state index contributed by atoms with van der Waals surface area (Å²) in [7, 11) is 5.14. The van der Waals surface area contributed by atoms with E-state index in [1.807, 2.05) is 26.1 Å². The molecule has 5 unspecified atom stereocenters. The topological polar surface area (TPSA) is 119 Å². The third-order valence-corrected chi connectivity index (χ3v) is 15.4. The highest BCUT2D eigenvalue weighted by Gasteiger charge is 2.77. The first-order valence-corrected chi connectivity index (χ1v) is 20.0. The first-order valence-electron chi connectivity index (χ1n) is 20.0. The van der Waals surface area contributed by atoms with Crippen molar-refractivity contribution in [3.8, 4) is 5.75 Å². The van der Waals surface area contributed by atoms with Crippen molar-refractivity contribution in [1.29, 1.82) is 0 Å². The number of aliphatic hydroxyl groups is 2. The van der Waals surface area contributed by atoms with E-state index in [0.29, 0.717) is 31.6 Å². The van der Waals surface area contributed by atoms with Gasteiger partial charge in [-0.3, -0.25) is 19.4 Å². The minimum atomic E-state index is -1.63. The van der Waals surface area contributed by atoms with Crippen LogP contribution in [0.1, 0.15) is 75.8 Å². The predicted octanol–water partition coefficient (Wildman–Crippen LogP) is 4.72. The lowest BCUT2D eigenvalue weighted by Crippen LogP contribution is -2.77. The van der Waals surface area contributed by atoms with Crippen LogP contribution in [0.4, 0.5) is 5.69 Å². The molecule has 10 nitrogen and oxygen atoms in total. The molecule has 2 saturated heterocycles. The molecule has 6 aliphatic rings. The quantitative estimate of drug-likeness (QED) is 0.253. The number of H-pyrrole nitrogens is 1. The van der Waals surface area contributed by atoms with Gasteiger partial charge in [0.05, 0.1) is 25.9 Å². The molecular formula is C44H56N4O6. The molecule has 1 aliphatic carbocycles. The van der Waals surface area contributed by atoms with E-state index in [0.717, 1.165) is 78.0 Å². The van der Waals surface area contributed by atoms with Gasteiger partial charge in [0.2, 0.25) is 0 Å². The summed E-state index contributed by atoms with van der Waals surface area (Å²) in [6.07, 6.45) is 7.73. The number of hydrogen-bond donors (Lipinski definition) is 3. The highest BCUT2D eigenvalue weighted by molar-refractivity contribution is 5.95. The number of carbonyl (C=O) groups is 2. The molecule has 1 saturated carbocycles. The van der Waals surface area contributed by atoms with Crippen molar-refractivity contribution in [3.05, 3.63) is 70.9 Å². The number of esters is 1. The molecule has 0 radical (unpaired) electrons. The molecule has 2 aromatic carbocycles. The Labute approximate surface area is 318 Å². The minimum Gasteiger partial charge on any atom is -0.496 e. The van der Waals surface area contributed by atoms with Crippen LogP contribution in [-0.2, 0) is 31.6 Å². The zero-order valence-electron chi connectivity index (χ0n) is 32.9. The summed E-state index contributed by atoms with van der Waals surface area (Å²) >= 11 is 0. The zero-order chi connectivity index (χ0) is 38.2. The summed E-state index contributed by atoms with van der Waals surface area (Å²) in [4.78, 5) is 40.1. The van der Waals surface area contributed by atoms with Crippen LogP contribution in [0, 0.1) is 17.3 Å². The van der Waals surface area contributed by atoms with Crippen LogP contribution >= 0.6 is 0 Å². The fourth-order valence-corrected chi connectivity index (χ4v) is 13.5. The minimum absolute atomic E-state index is 0.0322. The molecule has 3 fully saturated rings. The van der Waals surface area contributed by atoms with Crippen molar-refractivity contribution in [1.82, 2.24) is 14.8 Å². The number of likely N-dealkylation sites (N-methyl/N-ethyl adjacent to an activating group) is 1. The van der Waals surface area contributed by atoms with Gasteiger partial charge < -0.3 is 29.6 Å². The number of aromatic amines is 1. The maximum atomic E-state index is 15.2. The number of nitrogens with one attached hydrogen (secondary N) is 1. The SMILES string of the molecule is CC[C@]12C=CCN3CCC4(c5cc([C@]6(C(=O)OC)CC7CN(CCc8c6[nH]c6ccccc86)C[C@@](C)(O)C7)c(OC)cc5N(C)C4[C@@](O)(C(C)=O)[C@@H]1C)C32. The smallest absolute Gasteiger partial charge is 0.322 e. The van der Waals surface area contributed by atoms with Gasteiger partial charge in [0.25, 0.3) is 0 Å². The number of ketones is 1. The molecule has 288 valence electrons. The van der Waals surface area contributed by atoms with Crippen molar-refractivity contribution in [2.75, 3.05) is 58.9 Å². The lowest BCUT2D eigenvalue weighted by atomic mass is 9.44. The lowest BCUT2D eigenvalue weighted by Gasteiger charge is -2.64. The number of aromatic nitrogens is 1. The highest BCUT2D eigenvalue weighted by atomic mass is 16.5. The second-order valence-corrected chi connectivity index (χ2v) is 17.9. The standard InChI is InChI=1S/C44H56N4O6/c1-8-41-15-11-17-48-19-16-42(37(41)48)31-20-32(35(53-6)21-34(31)46(5)38(42)44(52,26(41)2)27(3)49)43(39(50)54-7)23-28-22-40(4,51)25-47(24-28)18-14-30-29-12-9-10-13-33(29)45-36(30)43/h9-13,15,20-21,26,28,37-38,45,51-52H,8,14,16-19,22-25H2,1-7H3/t26-,28?,37?,38?,40+,41+,42?,43-,44+/m1/s1. The number of ether oxygens (including phenoxy) is 2. The number of para-hydroxylation sites is 1. The maximum Gasteiger partial charge on any atom is 0.322 e. The summed E-state index contributed by atoms with van der Waals surface area (Å²) in [5.74, 6) is -0.398. The summed E-state index contributed by atoms with van der Waals surface area (Å²) in [6, 6.07) is 12.0. The van der Waals surface area contributed by atoms with Crippen molar-refractivity contribution < 1.29 is 29.3 Å². The van der Waals surface area contributed by atoms with Crippen molar-refractivity contribution in [2.45, 2.75) is 93.9 Å². The number of rotatable bonds is 5. The van der Waals surface area contributed by atoms with E-state index in [9.17, 15) is 15.0 Å². The average molecular weight is 737 g/mol. The molecule has 5 aliphatic heterocycles. The number of benzene rings is 2. The van der Waals surface area contributed by atoms with E-state index in [2.05, 4.69) is 69.9 Å². The average Bonchev–Trinajstić information content (AvgIpc) is 3.81. The van der Waals surface area contributed by atoms with E-state index in [4.69, 9.17) is 9.47 Å². The Bertz CT molecular complexity index is 2090.